The summed E-state index contributed by atoms with van der Waals surface area (Å²) in [6, 6.07) is 4.54. The number of aromatic nitrogens is 2. The Morgan fingerprint density at radius 2 is 2.24 bits per heavy atom. The zero-order valence-electron chi connectivity index (χ0n) is 11.2. The summed E-state index contributed by atoms with van der Waals surface area (Å²) in [4.78, 5) is 18.5. The Hall–Kier alpha value is -2.90. The standard InChI is InChI=1S/C13H12N4O4/c1-2-9-6-14-12(20-9)7-15-13-16-10-4-3-8(17(18)19)5-11(10)21-13/h3-6H,2,7H2,1H3,(H,15,16). The van der Waals surface area contributed by atoms with E-state index in [1.165, 1.54) is 12.1 Å². The summed E-state index contributed by atoms with van der Waals surface area (Å²) in [5.74, 6) is 1.33. The number of hydrogen-bond donors (Lipinski definition) is 1. The first-order valence-corrected chi connectivity index (χ1v) is 6.38. The lowest BCUT2D eigenvalue weighted by molar-refractivity contribution is -0.384. The fraction of sp³-hybridized carbons (Fsp3) is 0.231. The molecule has 0 saturated heterocycles. The van der Waals surface area contributed by atoms with Crippen molar-refractivity contribution < 1.29 is 13.8 Å². The van der Waals surface area contributed by atoms with Crippen molar-refractivity contribution in [2.75, 3.05) is 5.32 Å². The summed E-state index contributed by atoms with van der Waals surface area (Å²) >= 11 is 0. The molecule has 3 aromatic rings. The average Bonchev–Trinajstić information content (AvgIpc) is 3.10. The average molecular weight is 288 g/mol. The second-order valence-electron chi connectivity index (χ2n) is 4.36. The molecule has 2 aromatic heterocycles. The van der Waals surface area contributed by atoms with E-state index in [1.807, 2.05) is 6.92 Å². The largest absolute Gasteiger partial charge is 0.444 e. The molecule has 1 N–H and O–H groups in total. The van der Waals surface area contributed by atoms with E-state index in [-0.39, 0.29) is 11.7 Å². The molecule has 1 aromatic carbocycles. The smallest absolute Gasteiger partial charge is 0.296 e. The van der Waals surface area contributed by atoms with Crippen LogP contribution in [0.4, 0.5) is 11.7 Å². The number of nitrogens with zero attached hydrogens (tertiary/aromatic N) is 3. The summed E-state index contributed by atoms with van der Waals surface area (Å²) in [5.41, 5.74) is 0.864. The third-order valence-corrected chi connectivity index (χ3v) is 2.92. The topological polar surface area (TPSA) is 107 Å². The normalized spacial score (nSPS) is 10.9. The number of anilines is 1. The molecular weight excluding hydrogens is 276 g/mol. The van der Waals surface area contributed by atoms with Gasteiger partial charge in [0.2, 0.25) is 5.89 Å². The van der Waals surface area contributed by atoms with Crippen LogP contribution in [-0.2, 0) is 13.0 Å². The van der Waals surface area contributed by atoms with Gasteiger partial charge in [0.1, 0.15) is 11.3 Å². The van der Waals surface area contributed by atoms with Gasteiger partial charge in [-0.2, -0.15) is 4.98 Å². The van der Waals surface area contributed by atoms with Crippen LogP contribution < -0.4 is 5.32 Å². The first-order chi connectivity index (χ1) is 10.2. The van der Waals surface area contributed by atoms with Crippen LogP contribution in [0.5, 0.6) is 0 Å². The van der Waals surface area contributed by atoms with Gasteiger partial charge in [-0.05, 0) is 6.07 Å². The van der Waals surface area contributed by atoms with Crippen molar-refractivity contribution in [3.8, 4) is 0 Å². The van der Waals surface area contributed by atoms with Gasteiger partial charge >= 0.3 is 0 Å². The molecule has 0 unspecified atom stereocenters. The van der Waals surface area contributed by atoms with E-state index in [2.05, 4.69) is 15.3 Å². The minimum absolute atomic E-state index is 0.0366. The van der Waals surface area contributed by atoms with Crippen LogP contribution in [0, 0.1) is 10.1 Å². The van der Waals surface area contributed by atoms with Gasteiger partial charge in [-0.1, -0.05) is 6.92 Å². The molecular formula is C13H12N4O4. The van der Waals surface area contributed by atoms with Gasteiger partial charge in [0.25, 0.3) is 11.7 Å². The lowest BCUT2D eigenvalue weighted by Crippen LogP contribution is -1.99. The van der Waals surface area contributed by atoms with Crippen LogP contribution in [-0.4, -0.2) is 14.9 Å². The predicted octanol–water partition coefficient (Wildman–Crippen LogP) is 2.90. The highest BCUT2D eigenvalue weighted by molar-refractivity contribution is 5.77. The molecule has 21 heavy (non-hydrogen) atoms. The lowest BCUT2D eigenvalue weighted by atomic mass is 10.3. The van der Waals surface area contributed by atoms with E-state index in [4.69, 9.17) is 8.83 Å². The first-order valence-electron chi connectivity index (χ1n) is 6.38. The van der Waals surface area contributed by atoms with Crippen LogP contribution in [0.3, 0.4) is 0 Å². The summed E-state index contributed by atoms with van der Waals surface area (Å²) in [6.45, 7) is 2.31. The number of aryl methyl sites for hydroxylation is 1. The van der Waals surface area contributed by atoms with Gasteiger partial charge in [0.15, 0.2) is 5.58 Å². The van der Waals surface area contributed by atoms with Crippen molar-refractivity contribution in [3.05, 3.63) is 46.2 Å². The molecule has 0 fully saturated rings. The monoisotopic (exact) mass is 288 g/mol. The van der Waals surface area contributed by atoms with Crippen molar-refractivity contribution >= 4 is 22.8 Å². The van der Waals surface area contributed by atoms with E-state index in [1.54, 1.807) is 12.3 Å². The van der Waals surface area contributed by atoms with Gasteiger partial charge in [-0.25, -0.2) is 4.98 Å². The second kappa shape index (κ2) is 5.23. The Kier molecular flexibility index (Phi) is 3.27. The minimum atomic E-state index is -0.478. The molecule has 108 valence electrons. The number of non-ortho nitro benzene ring substituents is 1. The summed E-state index contributed by atoms with van der Waals surface area (Å²) < 4.78 is 10.9. The number of fused-ring (bicyclic) bond motifs is 1. The van der Waals surface area contributed by atoms with Gasteiger partial charge in [0.05, 0.1) is 23.7 Å². The molecule has 2 heterocycles. The van der Waals surface area contributed by atoms with E-state index in [0.717, 1.165) is 12.2 Å². The minimum Gasteiger partial charge on any atom is -0.444 e. The number of nitrogens with one attached hydrogen (secondary N) is 1. The highest BCUT2D eigenvalue weighted by Gasteiger charge is 2.12. The molecule has 0 saturated carbocycles. The Morgan fingerprint density at radius 1 is 1.38 bits per heavy atom. The van der Waals surface area contributed by atoms with Gasteiger partial charge in [-0.15, -0.1) is 0 Å². The molecule has 0 atom stereocenters. The lowest BCUT2D eigenvalue weighted by Gasteiger charge is -1.96. The van der Waals surface area contributed by atoms with Crippen LogP contribution in [0.25, 0.3) is 11.1 Å². The third kappa shape index (κ3) is 2.69. The Morgan fingerprint density at radius 3 is 2.95 bits per heavy atom. The van der Waals surface area contributed by atoms with Crippen LogP contribution in [0.2, 0.25) is 0 Å². The van der Waals surface area contributed by atoms with Crippen LogP contribution >= 0.6 is 0 Å². The fourth-order valence-electron chi connectivity index (χ4n) is 1.85. The maximum absolute atomic E-state index is 10.7. The Bertz CT molecular complexity index is 792. The van der Waals surface area contributed by atoms with Crippen molar-refractivity contribution in [2.24, 2.45) is 0 Å². The summed E-state index contributed by atoms with van der Waals surface area (Å²) in [7, 11) is 0. The maximum Gasteiger partial charge on any atom is 0.296 e. The third-order valence-electron chi connectivity index (χ3n) is 2.92. The SMILES string of the molecule is CCc1cnc(CNc2nc3ccc([N+](=O)[O-])cc3o2)o1. The number of benzene rings is 1. The molecule has 0 amide bonds. The molecule has 8 nitrogen and oxygen atoms in total. The quantitative estimate of drug-likeness (QED) is 0.568. The van der Waals surface area contributed by atoms with Crippen molar-refractivity contribution in [1.82, 2.24) is 9.97 Å². The number of oxazole rings is 2. The molecule has 0 aliphatic rings. The molecule has 0 aliphatic carbocycles. The number of nitro benzene ring substituents is 1. The predicted molar refractivity (Wildman–Crippen MR) is 73.9 cm³/mol. The van der Waals surface area contributed by atoms with E-state index in [9.17, 15) is 10.1 Å². The highest BCUT2D eigenvalue weighted by Crippen LogP contribution is 2.23. The van der Waals surface area contributed by atoms with Gasteiger partial charge in [0, 0.05) is 12.5 Å². The van der Waals surface area contributed by atoms with Gasteiger partial charge < -0.3 is 14.2 Å². The van der Waals surface area contributed by atoms with Crippen molar-refractivity contribution in [3.63, 3.8) is 0 Å². The van der Waals surface area contributed by atoms with Crippen LogP contribution in [0.1, 0.15) is 18.6 Å². The summed E-state index contributed by atoms with van der Waals surface area (Å²) in [6.07, 6.45) is 2.45. The number of nitro groups is 1. The van der Waals surface area contributed by atoms with Crippen molar-refractivity contribution in [1.29, 1.82) is 0 Å². The number of rotatable bonds is 5. The molecule has 3 rings (SSSR count). The molecule has 0 radical (unpaired) electrons. The summed E-state index contributed by atoms with van der Waals surface area (Å²) in [5, 5.41) is 13.6. The van der Waals surface area contributed by atoms with E-state index < -0.39 is 4.92 Å². The first kappa shape index (κ1) is 13.1. The van der Waals surface area contributed by atoms with Crippen molar-refractivity contribution in [2.45, 2.75) is 19.9 Å². The van der Waals surface area contributed by atoms with E-state index in [0.29, 0.717) is 23.5 Å². The Balaban J connectivity index is 1.76. The van der Waals surface area contributed by atoms with Crippen LogP contribution in [0.15, 0.2) is 33.2 Å². The fourth-order valence-corrected chi connectivity index (χ4v) is 1.85. The second-order valence-corrected chi connectivity index (χ2v) is 4.36. The molecule has 0 spiro atoms. The molecule has 8 heteroatoms. The molecule has 0 aliphatic heterocycles. The van der Waals surface area contributed by atoms with Gasteiger partial charge in [-0.3, -0.25) is 10.1 Å². The highest BCUT2D eigenvalue weighted by atomic mass is 16.6. The zero-order chi connectivity index (χ0) is 14.8. The van der Waals surface area contributed by atoms with E-state index >= 15 is 0 Å². The maximum atomic E-state index is 10.7. The Labute approximate surface area is 118 Å². The molecule has 0 bridgehead atoms. The number of hydrogen-bond acceptors (Lipinski definition) is 7. The zero-order valence-corrected chi connectivity index (χ0v) is 11.2.